The van der Waals surface area contributed by atoms with Gasteiger partial charge in [0.15, 0.2) is 5.78 Å². The van der Waals surface area contributed by atoms with Gasteiger partial charge in [-0.25, -0.2) is 4.79 Å². The van der Waals surface area contributed by atoms with Gasteiger partial charge in [0.1, 0.15) is 11.8 Å². The van der Waals surface area contributed by atoms with Crippen LogP contribution in [0.15, 0.2) is 71.9 Å². The molecule has 1 unspecified atom stereocenters. The number of halogens is 1. The van der Waals surface area contributed by atoms with Crippen molar-refractivity contribution >= 4 is 34.9 Å². The predicted octanol–water partition coefficient (Wildman–Crippen LogP) is 4.23. The number of ether oxygens (including phenoxy) is 1. The minimum Gasteiger partial charge on any atom is -0.495 e. The van der Waals surface area contributed by atoms with E-state index < -0.39 is 23.5 Å². The van der Waals surface area contributed by atoms with Gasteiger partial charge in [0.25, 0.3) is 5.56 Å². The molecule has 1 amide bonds. The fraction of sp³-hybridized carbons (Fsp3) is 0.179. The van der Waals surface area contributed by atoms with Gasteiger partial charge in [0, 0.05) is 47.6 Å². The zero-order valence-corrected chi connectivity index (χ0v) is 22.1. The van der Waals surface area contributed by atoms with E-state index in [-0.39, 0.29) is 23.5 Å². The van der Waals surface area contributed by atoms with Crippen molar-refractivity contribution in [2.24, 2.45) is 7.05 Å². The molecule has 0 spiro atoms. The van der Waals surface area contributed by atoms with Crippen LogP contribution in [0.3, 0.4) is 0 Å². The first-order valence-corrected chi connectivity index (χ1v) is 12.2. The largest absolute Gasteiger partial charge is 0.495 e. The molecule has 0 radical (unpaired) electrons. The van der Waals surface area contributed by atoms with E-state index in [1.54, 1.807) is 42.3 Å². The Morgan fingerprint density at radius 2 is 1.79 bits per heavy atom. The number of nitrogens with one attached hydrogen (secondary N) is 1. The summed E-state index contributed by atoms with van der Waals surface area (Å²) in [7, 11) is 3.16. The van der Waals surface area contributed by atoms with E-state index in [1.807, 2.05) is 0 Å². The summed E-state index contributed by atoms with van der Waals surface area (Å²) >= 11 is 6.20. The van der Waals surface area contributed by atoms with E-state index >= 15 is 0 Å². The summed E-state index contributed by atoms with van der Waals surface area (Å²) in [4.78, 5) is 50.4. The summed E-state index contributed by atoms with van der Waals surface area (Å²) in [6, 6.07) is 10.7. The van der Waals surface area contributed by atoms with Gasteiger partial charge in [-0.15, -0.1) is 0 Å². The molecule has 0 saturated heterocycles. The van der Waals surface area contributed by atoms with Gasteiger partial charge in [0.2, 0.25) is 5.91 Å². The monoisotopic (exact) mass is 548 g/mol. The SMILES string of the molecule is COc1cn(C(Cc2cnn(C)c2)C(=O)Nc2ccc(C(=O)O)cc2)c(=O)cc1-c1cc(Cl)ccc1C(C)=O. The number of Topliss-reactive ketones (excluding diaryl/α,β-unsaturated/α-hetero) is 1. The summed E-state index contributed by atoms with van der Waals surface area (Å²) in [5, 5.41) is 16.4. The van der Waals surface area contributed by atoms with Crippen LogP contribution in [0.5, 0.6) is 5.75 Å². The van der Waals surface area contributed by atoms with E-state index in [2.05, 4.69) is 10.4 Å². The molecule has 0 saturated carbocycles. The van der Waals surface area contributed by atoms with E-state index in [0.717, 1.165) is 0 Å². The van der Waals surface area contributed by atoms with E-state index in [1.165, 1.54) is 55.1 Å². The van der Waals surface area contributed by atoms with Crippen LogP contribution in [-0.4, -0.2) is 44.2 Å². The number of hydrogen-bond acceptors (Lipinski definition) is 6. The van der Waals surface area contributed by atoms with E-state index in [0.29, 0.717) is 33.0 Å². The highest BCUT2D eigenvalue weighted by Crippen LogP contribution is 2.34. The first kappa shape index (κ1) is 27.3. The molecule has 0 aliphatic carbocycles. The van der Waals surface area contributed by atoms with Crippen molar-refractivity contribution in [2.75, 3.05) is 12.4 Å². The molecule has 10 nitrogen and oxygen atoms in total. The van der Waals surface area contributed by atoms with Crippen molar-refractivity contribution in [1.82, 2.24) is 14.3 Å². The molecule has 1 atom stereocenters. The lowest BCUT2D eigenvalue weighted by molar-refractivity contribution is -0.119. The van der Waals surface area contributed by atoms with Crippen LogP contribution in [0, 0.1) is 0 Å². The number of carbonyl (C=O) groups is 3. The lowest BCUT2D eigenvalue weighted by atomic mass is 9.97. The number of carboxylic acid groups (broad SMARTS) is 1. The van der Waals surface area contributed by atoms with Crippen molar-refractivity contribution < 1.29 is 24.2 Å². The maximum Gasteiger partial charge on any atom is 0.335 e. The smallest absolute Gasteiger partial charge is 0.335 e. The number of rotatable bonds is 9. The Morgan fingerprint density at radius 3 is 2.38 bits per heavy atom. The van der Waals surface area contributed by atoms with Crippen LogP contribution in [0.2, 0.25) is 5.02 Å². The van der Waals surface area contributed by atoms with E-state index in [9.17, 15) is 19.2 Å². The molecule has 2 aromatic heterocycles. The van der Waals surface area contributed by atoms with Crippen molar-refractivity contribution in [3.05, 3.63) is 99.2 Å². The Hall–Kier alpha value is -4.70. The number of carbonyl (C=O) groups excluding carboxylic acids is 2. The van der Waals surface area contributed by atoms with Gasteiger partial charge in [-0.05, 0) is 60.5 Å². The van der Waals surface area contributed by atoms with Crippen LogP contribution in [0.4, 0.5) is 5.69 Å². The third-order valence-corrected chi connectivity index (χ3v) is 6.38. The Bertz CT molecular complexity index is 1620. The minimum absolute atomic E-state index is 0.0717. The summed E-state index contributed by atoms with van der Waals surface area (Å²) in [5.41, 5.74) is 1.79. The highest BCUT2D eigenvalue weighted by atomic mass is 35.5. The predicted molar refractivity (Wildman–Crippen MR) is 146 cm³/mol. The molecular formula is C28H25ClN4O6. The van der Waals surface area contributed by atoms with Gasteiger partial charge in [0.05, 0.1) is 25.1 Å². The van der Waals surface area contributed by atoms with Gasteiger partial charge in [-0.2, -0.15) is 5.10 Å². The second kappa shape index (κ2) is 11.4. The number of aromatic nitrogens is 3. The highest BCUT2D eigenvalue weighted by molar-refractivity contribution is 6.31. The van der Waals surface area contributed by atoms with Crippen molar-refractivity contribution in [3.63, 3.8) is 0 Å². The third kappa shape index (κ3) is 6.07. The topological polar surface area (TPSA) is 133 Å². The lowest BCUT2D eigenvalue weighted by Gasteiger charge is -2.21. The second-order valence-electron chi connectivity index (χ2n) is 8.86. The number of benzene rings is 2. The normalized spacial score (nSPS) is 11.6. The molecule has 2 N–H and O–H groups in total. The van der Waals surface area contributed by atoms with Crippen LogP contribution in [-0.2, 0) is 18.3 Å². The fourth-order valence-corrected chi connectivity index (χ4v) is 4.40. The average Bonchev–Trinajstić information content (AvgIpc) is 3.31. The zero-order chi connectivity index (χ0) is 28.3. The third-order valence-electron chi connectivity index (χ3n) is 6.14. The summed E-state index contributed by atoms with van der Waals surface area (Å²) in [6.07, 6.45) is 4.90. The standard InChI is InChI=1S/C28H25ClN4O6/c1-16(34)21-9-6-19(29)11-22(21)23-12-26(35)33(15-25(23)39-3)24(10-17-13-30-32(2)14-17)27(36)31-20-7-4-18(5-8-20)28(37)38/h4-9,11-15,24H,10H2,1-3H3,(H,31,36)(H,37,38). The van der Waals surface area contributed by atoms with Gasteiger partial charge in [-0.3, -0.25) is 23.6 Å². The molecule has 39 heavy (non-hydrogen) atoms. The highest BCUT2D eigenvalue weighted by Gasteiger charge is 2.25. The minimum atomic E-state index is -1.09. The maximum absolute atomic E-state index is 13.5. The molecular weight excluding hydrogens is 524 g/mol. The second-order valence-corrected chi connectivity index (χ2v) is 9.30. The number of nitrogens with zero attached hydrogens (tertiary/aromatic N) is 3. The van der Waals surface area contributed by atoms with Crippen LogP contribution >= 0.6 is 11.6 Å². The molecule has 0 aliphatic rings. The van der Waals surface area contributed by atoms with Crippen molar-refractivity contribution in [2.45, 2.75) is 19.4 Å². The quantitative estimate of drug-likeness (QED) is 0.299. The zero-order valence-electron chi connectivity index (χ0n) is 21.3. The number of carboxylic acids is 1. The Kier molecular flexibility index (Phi) is 7.96. The number of aromatic carboxylic acids is 1. The molecule has 200 valence electrons. The Labute approximate surface area is 228 Å². The molecule has 4 rings (SSSR count). The van der Waals surface area contributed by atoms with E-state index in [4.69, 9.17) is 21.4 Å². The average molecular weight is 549 g/mol. The van der Waals surface area contributed by atoms with Crippen LogP contribution in [0.1, 0.15) is 39.2 Å². The number of pyridine rings is 1. The molecule has 0 bridgehead atoms. The van der Waals surface area contributed by atoms with Crippen molar-refractivity contribution in [1.29, 1.82) is 0 Å². The fourth-order valence-electron chi connectivity index (χ4n) is 4.23. The molecule has 2 heterocycles. The molecule has 2 aromatic carbocycles. The number of methoxy groups -OCH3 is 1. The Balaban J connectivity index is 1.79. The molecule has 0 fully saturated rings. The summed E-state index contributed by atoms with van der Waals surface area (Å²) in [6.45, 7) is 1.41. The first-order valence-electron chi connectivity index (χ1n) is 11.8. The van der Waals surface area contributed by atoms with Gasteiger partial charge < -0.3 is 15.2 Å². The number of anilines is 1. The molecule has 0 aliphatic heterocycles. The van der Waals surface area contributed by atoms with Gasteiger partial charge in [-0.1, -0.05) is 11.6 Å². The molecule has 11 heteroatoms. The Morgan fingerprint density at radius 1 is 1.08 bits per heavy atom. The van der Waals surface area contributed by atoms with Crippen LogP contribution < -0.4 is 15.6 Å². The maximum atomic E-state index is 13.5. The number of hydrogen-bond donors (Lipinski definition) is 2. The number of ketones is 1. The van der Waals surface area contributed by atoms with Crippen molar-refractivity contribution in [3.8, 4) is 16.9 Å². The van der Waals surface area contributed by atoms with Crippen LogP contribution in [0.25, 0.3) is 11.1 Å². The van der Waals surface area contributed by atoms with Gasteiger partial charge >= 0.3 is 5.97 Å². The lowest BCUT2D eigenvalue weighted by Crippen LogP contribution is -2.34. The number of amides is 1. The number of aryl methyl sites for hydroxylation is 1. The summed E-state index contributed by atoms with van der Waals surface area (Å²) in [5.74, 6) is -1.55. The summed E-state index contributed by atoms with van der Waals surface area (Å²) < 4.78 is 8.44. The first-order chi connectivity index (χ1) is 18.6. The molecule has 4 aromatic rings.